The van der Waals surface area contributed by atoms with Crippen molar-refractivity contribution in [3.63, 3.8) is 0 Å². The Kier molecular flexibility index (Phi) is 6.32. The summed E-state index contributed by atoms with van der Waals surface area (Å²) in [6.45, 7) is 9.85. The van der Waals surface area contributed by atoms with E-state index in [-0.39, 0.29) is 6.10 Å². The van der Waals surface area contributed by atoms with E-state index in [2.05, 4.69) is 60.3 Å². The molecule has 0 spiro atoms. The normalized spacial score (nSPS) is 24.2. The lowest BCUT2D eigenvalue weighted by atomic mass is 10.1. The summed E-state index contributed by atoms with van der Waals surface area (Å²) in [5, 5.41) is 3.41. The Morgan fingerprint density at radius 3 is 3.04 bits per heavy atom. The van der Waals surface area contributed by atoms with Crippen LogP contribution in [0.15, 0.2) is 29.3 Å². The highest BCUT2D eigenvalue weighted by Gasteiger charge is 2.32. The lowest BCUT2D eigenvalue weighted by molar-refractivity contribution is -0.0432. The van der Waals surface area contributed by atoms with Gasteiger partial charge in [0.2, 0.25) is 0 Å². The number of hydrogen-bond acceptors (Lipinski definition) is 3. The van der Waals surface area contributed by atoms with Gasteiger partial charge in [0.15, 0.2) is 5.96 Å². The van der Waals surface area contributed by atoms with Crippen LogP contribution in [0.2, 0.25) is 0 Å². The van der Waals surface area contributed by atoms with Gasteiger partial charge in [0.1, 0.15) is 0 Å². The Morgan fingerprint density at radius 2 is 2.24 bits per heavy atom. The average Bonchev–Trinajstić information content (AvgIpc) is 3.08. The van der Waals surface area contributed by atoms with Crippen LogP contribution in [-0.4, -0.2) is 67.7 Å². The summed E-state index contributed by atoms with van der Waals surface area (Å²) in [7, 11) is 2.10. The van der Waals surface area contributed by atoms with Crippen molar-refractivity contribution in [1.82, 2.24) is 15.1 Å². The second-order valence-corrected chi connectivity index (χ2v) is 7.22. The fraction of sp³-hybridized carbons (Fsp3) is 0.650. The van der Waals surface area contributed by atoms with E-state index >= 15 is 0 Å². The van der Waals surface area contributed by atoms with Crippen LogP contribution in [0.5, 0.6) is 0 Å². The molecule has 0 aliphatic carbocycles. The van der Waals surface area contributed by atoms with Crippen LogP contribution < -0.4 is 5.32 Å². The molecule has 1 aromatic rings. The van der Waals surface area contributed by atoms with Gasteiger partial charge >= 0.3 is 0 Å². The molecule has 0 bridgehead atoms. The Balaban J connectivity index is 1.59. The van der Waals surface area contributed by atoms with Crippen molar-refractivity contribution in [3.8, 4) is 0 Å². The van der Waals surface area contributed by atoms with Gasteiger partial charge in [0.25, 0.3) is 0 Å². The van der Waals surface area contributed by atoms with Crippen molar-refractivity contribution in [1.29, 1.82) is 0 Å². The molecule has 2 aliphatic heterocycles. The van der Waals surface area contributed by atoms with Gasteiger partial charge in [-0.05, 0) is 44.4 Å². The van der Waals surface area contributed by atoms with Gasteiger partial charge in [-0.15, -0.1) is 0 Å². The summed E-state index contributed by atoms with van der Waals surface area (Å²) in [6.07, 6.45) is 2.82. The van der Waals surface area contributed by atoms with Crippen molar-refractivity contribution in [2.75, 3.05) is 39.8 Å². The number of rotatable bonds is 5. The van der Waals surface area contributed by atoms with E-state index in [0.717, 1.165) is 38.7 Å². The summed E-state index contributed by atoms with van der Waals surface area (Å²) >= 11 is 0. The molecule has 5 nitrogen and oxygen atoms in total. The smallest absolute Gasteiger partial charge is 0.194 e. The van der Waals surface area contributed by atoms with Crippen molar-refractivity contribution in [3.05, 3.63) is 35.4 Å². The molecular weight excluding hydrogens is 312 g/mol. The molecule has 0 saturated carbocycles. The maximum Gasteiger partial charge on any atom is 0.194 e. The Labute approximate surface area is 152 Å². The van der Waals surface area contributed by atoms with Crippen LogP contribution in [0, 0.1) is 6.92 Å². The number of fused-ring (bicyclic) bond motifs is 1. The second-order valence-electron chi connectivity index (χ2n) is 7.22. The fourth-order valence-electron chi connectivity index (χ4n) is 3.77. The molecule has 0 aromatic heterocycles. The van der Waals surface area contributed by atoms with Gasteiger partial charge in [-0.2, -0.15) is 0 Å². The van der Waals surface area contributed by atoms with Crippen molar-refractivity contribution in [2.24, 2.45) is 4.99 Å². The third-order valence-electron chi connectivity index (χ3n) is 5.27. The lowest BCUT2D eigenvalue weighted by Gasteiger charge is -2.34. The average molecular weight is 345 g/mol. The third kappa shape index (κ3) is 4.73. The van der Waals surface area contributed by atoms with Crippen LogP contribution in [-0.2, 0) is 11.3 Å². The maximum atomic E-state index is 6.04. The van der Waals surface area contributed by atoms with Crippen molar-refractivity contribution < 1.29 is 4.74 Å². The zero-order valence-corrected chi connectivity index (χ0v) is 15.9. The number of ether oxygens (including phenoxy) is 1. The Morgan fingerprint density at radius 1 is 1.40 bits per heavy atom. The molecule has 2 atom stereocenters. The summed E-state index contributed by atoms with van der Waals surface area (Å²) in [5.74, 6) is 0.956. The predicted molar refractivity (Wildman–Crippen MR) is 103 cm³/mol. The first-order chi connectivity index (χ1) is 12.2. The molecular formula is C20H32N4O. The van der Waals surface area contributed by atoms with E-state index in [0.29, 0.717) is 6.04 Å². The van der Waals surface area contributed by atoms with E-state index in [1.807, 2.05) is 0 Å². The summed E-state index contributed by atoms with van der Waals surface area (Å²) < 4.78 is 6.04. The molecule has 25 heavy (non-hydrogen) atoms. The van der Waals surface area contributed by atoms with Crippen LogP contribution in [0.1, 0.15) is 30.9 Å². The monoisotopic (exact) mass is 344 g/mol. The summed E-state index contributed by atoms with van der Waals surface area (Å²) in [4.78, 5) is 9.64. The third-order valence-corrected chi connectivity index (χ3v) is 5.27. The molecule has 2 aliphatic rings. The highest BCUT2D eigenvalue weighted by atomic mass is 16.5. The lowest BCUT2D eigenvalue weighted by Crippen LogP contribution is -2.47. The molecule has 2 heterocycles. The fourth-order valence-corrected chi connectivity index (χ4v) is 3.77. The van der Waals surface area contributed by atoms with E-state index in [1.165, 1.54) is 30.5 Å². The topological polar surface area (TPSA) is 40.1 Å². The molecule has 5 heteroatoms. The Bertz CT molecular complexity index is 589. The SMILES string of the molecule is CCNC(=NCC1CN2CCCC2CO1)N(C)Cc1ccccc1C. The number of morpholine rings is 1. The number of aryl methyl sites for hydroxylation is 1. The zero-order valence-electron chi connectivity index (χ0n) is 15.9. The number of nitrogens with one attached hydrogen (secondary N) is 1. The van der Waals surface area contributed by atoms with Gasteiger partial charge in [0, 0.05) is 32.7 Å². The largest absolute Gasteiger partial charge is 0.373 e. The molecule has 1 N–H and O–H groups in total. The van der Waals surface area contributed by atoms with Gasteiger partial charge in [0.05, 0.1) is 19.3 Å². The number of hydrogen-bond donors (Lipinski definition) is 1. The van der Waals surface area contributed by atoms with Gasteiger partial charge in [-0.1, -0.05) is 24.3 Å². The van der Waals surface area contributed by atoms with E-state index < -0.39 is 0 Å². The highest BCUT2D eigenvalue weighted by Crippen LogP contribution is 2.22. The quantitative estimate of drug-likeness (QED) is 0.657. The second kappa shape index (κ2) is 8.68. The van der Waals surface area contributed by atoms with E-state index in [4.69, 9.17) is 9.73 Å². The minimum Gasteiger partial charge on any atom is -0.373 e. The van der Waals surface area contributed by atoms with Crippen LogP contribution >= 0.6 is 0 Å². The number of nitrogens with zero attached hydrogens (tertiary/aromatic N) is 3. The standard InChI is InChI=1S/C20H32N4O/c1-4-21-20(23(3)13-17-9-6-5-8-16(17)2)22-12-19-14-24-11-7-10-18(24)15-25-19/h5-6,8-9,18-19H,4,7,10-15H2,1-3H3,(H,21,22). The molecule has 2 fully saturated rings. The van der Waals surface area contributed by atoms with Crippen LogP contribution in [0.4, 0.5) is 0 Å². The van der Waals surface area contributed by atoms with Gasteiger partial charge < -0.3 is 15.0 Å². The molecule has 3 rings (SSSR count). The molecule has 2 unspecified atom stereocenters. The predicted octanol–water partition coefficient (Wildman–Crippen LogP) is 2.26. The minimum absolute atomic E-state index is 0.217. The highest BCUT2D eigenvalue weighted by molar-refractivity contribution is 5.79. The number of benzene rings is 1. The Hall–Kier alpha value is -1.59. The van der Waals surface area contributed by atoms with E-state index in [1.54, 1.807) is 0 Å². The molecule has 138 valence electrons. The number of guanidine groups is 1. The molecule has 0 radical (unpaired) electrons. The van der Waals surface area contributed by atoms with Crippen molar-refractivity contribution >= 4 is 5.96 Å². The first-order valence-corrected chi connectivity index (χ1v) is 9.57. The van der Waals surface area contributed by atoms with Gasteiger partial charge in [-0.25, -0.2) is 0 Å². The minimum atomic E-state index is 0.217. The molecule has 1 aromatic carbocycles. The van der Waals surface area contributed by atoms with Gasteiger partial charge in [-0.3, -0.25) is 9.89 Å². The number of aliphatic imine (C=N–C) groups is 1. The first kappa shape index (κ1) is 18.2. The molecule has 2 saturated heterocycles. The summed E-state index contributed by atoms with van der Waals surface area (Å²) in [6, 6.07) is 9.19. The molecule has 0 amide bonds. The maximum absolute atomic E-state index is 6.04. The summed E-state index contributed by atoms with van der Waals surface area (Å²) in [5.41, 5.74) is 2.66. The van der Waals surface area contributed by atoms with Crippen LogP contribution in [0.25, 0.3) is 0 Å². The first-order valence-electron chi connectivity index (χ1n) is 9.57. The van der Waals surface area contributed by atoms with E-state index in [9.17, 15) is 0 Å². The zero-order chi connectivity index (χ0) is 17.6. The van der Waals surface area contributed by atoms with Crippen molar-refractivity contribution in [2.45, 2.75) is 45.4 Å². The van der Waals surface area contributed by atoms with Crippen LogP contribution in [0.3, 0.4) is 0 Å².